The molecule has 1 aromatic rings. The highest BCUT2D eigenvalue weighted by molar-refractivity contribution is 9.10. The molecule has 0 aliphatic heterocycles. The van der Waals surface area contributed by atoms with Crippen molar-refractivity contribution in [2.24, 2.45) is 17.6 Å². The third kappa shape index (κ3) is 2.91. The molecular weight excluding hydrogens is 324 g/mol. The van der Waals surface area contributed by atoms with Gasteiger partial charge in [0, 0.05) is 11.1 Å². The minimum Gasteiger partial charge on any atom is -0.325 e. The smallest absolute Gasteiger partial charge is 0.143 e. The minimum absolute atomic E-state index is 0.137. The van der Waals surface area contributed by atoms with Gasteiger partial charge in [0.1, 0.15) is 11.6 Å². The van der Waals surface area contributed by atoms with Gasteiger partial charge in [-0.15, -0.1) is 0 Å². The molecular formula is C16H20BrF2N. The Kier molecular flexibility index (Phi) is 3.89. The van der Waals surface area contributed by atoms with E-state index in [0.717, 1.165) is 25.2 Å². The van der Waals surface area contributed by atoms with E-state index in [2.05, 4.69) is 15.9 Å². The maximum atomic E-state index is 14.1. The lowest BCUT2D eigenvalue weighted by atomic mass is 9.71. The molecule has 1 aromatic carbocycles. The molecule has 0 amide bonds. The zero-order valence-electron chi connectivity index (χ0n) is 11.5. The van der Waals surface area contributed by atoms with Gasteiger partial charge < -0.3 is 5.73 Å². The van der Waals surface area contributed by atoms with Gasteiger partial charge >= 0.3 is 0 Å². The average Bonchev–Trinajstić information content (AvgIpc) is 3.24. The van der Waals surface area contributed by atoms with E-state index >= 15 is 0 Å². The van der Waals surface area contributed by atoms with Crippen LogP contribution in [0.15, 0.2) is 16.6 Å². The molecule has 2 N–H and O–H groups in total. The molecule has 0 aromatic heterocycles. The Morgan fingerprint density at radius 3 is 2.65 bits per heavy atom. The van der Waals surface area contributed by atoms with Crippen molar-refractivity contribution in [3.8, 4) is 0 Å². The van der Waals surface area contributed by atoms with E-state index in [0.29, 0.717) is 16.8 Å². The Morgan fingerprint density at radius 2 is 1.95 bits per heavy atom. The standard InChI is InChI=1S/C16H20BrF2N/c17-13-5-6-14(18)12(15(13)19)9-16(20)7-1-2-11(8-16)10-3-4-10/h5-6,10-11H,1-4,7-9,20H2. The molecule has 0 heterocycles. The first-order valence-electron chi connectivity index (χ1n) is 7.40. The number of nitrogens with two attached hydrogens (primary N) is 1. The number of hydrogen-bond acceptors (Lipinski definition) is 1. The fraction of sp³-hybridized carbons (Fsp3) is 0.625. The van der Waals surface area contributed by atoms with Crippen LogP contribution in [0.5, 0.6) is 0 Å². The molecule has 20 heavy (non-hydrogen) atoms. The lowest BCUT2D eigenvalue weighted by Gasteiger charge is -2.38. The van der Waals surface area contributed by atoms with Crippen LogP contribution in [0.1, 0.15) is 44.1 Å². The first kappa shape index (κ1) is 14.5. The quantitative estimate of drug-likeness (QED) is 0.799. The molecule has 1 nitrogen and oxygen atoms in total. The number of benzene rings is 1. The van der Waals surface area contributed by atoms with Gasteiger partial charge in [0.2, 0.25) is 0 Å². The molecule has 0 spiro atoms. The average molecular weight is 344 g/mol. The summed E-state index contributed by atoms with van der Waals surface area (Å²) in [4.78, 5) is 0. The Labute approximate surface area is 127 Å². The maximum Gasteiger partial charge on any atom is 0.143 e. The second kappa shape index (κ2) is 5.38. The van der Waals surface area contributed by atoms with E-state index in [1.165, 1.54) is 31.4 Å². The normalized spacial score (nSPS) is 30.5. The third-order valence-electron chi connectivity index (χ3n) is 4.87. The van der Waals surface area contributed by atoms with Gasteiger partial charge in [0.15, 0.2) is 0 Å². The van der Waals surface area contributed by atoms with Crippen molar-refractivity contribution < 1.29 is 8.78 Å². The summed E-state index contributed by atoms with van der Waals surface area (Å²) in [5.41, 5.74) is 6.17. The summed E-state index contributed by atoms with van der Waals surface area (Å²) in [7, 11) is 0. The predicted molar refractivity (Wildman–Crippen MR) is 79.4 cm³/mol. The van der Waals surface area contributed by atoms with Crippen molar-refractivity contribution in [3.05, 3.63) is 33.8 Å². The van der Waals surface area contributed by atoms with Crippen molar-refractivity contribution in [1.82, 2.24) is 0 Å². The van der Waals surface area contributed by atoms with Crippen molar-refractivity contribution in [2.75, 3.05) is 0 Å². The second-order valence-electron chi connectivity index (χ2n) is 6.55. The van der Waals surface area contributed by atoms with E-state index in [1.807, 2.05) is 0 Å². The van der Waals surface area contributed by atoms with E-state index in [4.69, 9.17) is 5.73 Å². The molecule has 2 saturated carbocycles. The Hall–Kier alpha value is -0.480. The molecule has 2 unspecified atom stereocenters. The molecule has 2 aliphatic rings. The summed E-state index contributed by atoms with van der Waals surface area (Å²) in [6.07, 6.45) is 6.99. The van der Waals surface area contributed by atoms with Crippen molar-refractivity contribution in [3.63, 3.8) is 0 Å². The molecule has 0 saturated heterocycles. The Bertz CT molecular complexity index is 515. The fourth-order valence-electron chi connectivity index (χ4n) is 3.66. The fourth-order valence-corrected chi connectivity index (χ4v) is 4.03. The number of hydrogen-bond donors (Lipinski definition) is 1. The second-order valence-corrected chi connectivity index (χ2v) is 7.41. The van der Waals surface area contributed by atoms with Crippen molar-refractivity contribution in [2.45, 2.75) is 50.5 Å². The first-order chi connectivity index (χ1) is 9.48. The summed E-state index contributed by atoms with van der Waals surface area (Å²) >= 11 is 3.13. The number of halogens is 3. The van der Waals surface area contributed by atoms with Crippen LogP contribution in [0.4, 0.5) is 8.78 Å². The van der Waals surface area contributed by atoms with Gasteiger partial charge in [-0.25, -0.2) is 8.78 Å². The van der Waals surface area contributed by atoms with Crippen LogP contribution >= 0.6 is 15.9 Å². The minimum atomic E-state index is -0.497. The van der Waals surface area contributed by atoms with Gasteiger partial charge in [0.25, 0.3) is 0 Å². The summed E-state index contributed by atoms with van der Waals surface area (Å²) in [6, 6.07) is 2.72. The summed E-state index contributed by atoms with van der Waals surface area (Å²) in [5, 5.41) is 0. The van der Waals surface area contributed by atoms with Crippen LogP contribution in [0, 0.1) is 23.5 Å². The predicted octanol–water partition coefficient (Wildman–Crippen LogP) is 4.57. The molecule has 110 valence electrons. The van der Waals surface area contributed by atoms with E-state index < -0.39 is 17.2 Å². The van der Waals surface area contributed by atoms with E-state index in [-0.39, 0.29) is 5.56 Å². The van der Waals surface area contributed by atoms with Gasteiger partial charge in [-0.2, -0.15) is 0 Å². The van der Waals surface area contributed by atoms with Crippen LogP contribution in [-0.4, -0.2) is 5.54 Å². The van der Waals surface area contributed by atoms with Gasteiger partial charge in [0.05, 0.1) is 4.47 Å². The van der Waals surface area contributed by atoms with Crippen LogP contribution in [0.2, 0.25) is 0 Å². The molecule has 2 aliphatic carbocycles. The molecule has 2 fully saturated rings. The number of rotatable bonds is 3. The highest BCUT2D eigenvalue weighted by Crippen LogP contribution is 2.46. The molecule has 2 atom stereocenters. The van der Waals surface area contributed by atoms with Crippen LogP contribution < -0.4 is 5.73 Å². The largest absolute Gasteiger partial charge is 0.325 e. The van der Waals surface area contributed by atoms with Gasteiger partial charge in [-0.1, -0.05) is 12.8 Å². The Morgan fingerprint density at radius 1 is 1.20 bits per heavy atom. The highest BCUT2D eigenvalue weighted by Gasteiger charge is 2.40. The first-order valence-corrected chi connectivity index (χ1v) is 8.19. The lowest BCUT2D eigenvalue weighted by molar-refractivity contribution is 0.201. The van der Waals surface area contributed by atoms with Gasteiger partial charge in [-0.3, -0.25) is 0 Å². The molecule has 0 bridgehead atoms. The van der Waals surface area contributed by atoms with Crippen LogP contribution in [0.25, 0.3) is 0 Å². The summed E-state index contributed by atoms with van der Waals surface area (Å²) < 4.78 is 28.3. The topological polar surface area (TPSA) is 26.0 Å². The SMILES string of the molecule is NC1(Cc2c(F)ccc(Br)c2F)CCCC(C2CC2)C1. The monoisotopic (exact) mass is 343 g/mol. The van der Waals surface area contributed by atoms with Crippen LogP contribution in [0.3, 0.4) is 0 Å². The highest BCUT2D eigenvalue weighted by atomic mass is 79.9. The molecule has 4 heteroatoms. The molecule has 0 radical (unpaired) electrons. The summed E-state index contributed by atoms with van der Waals surface area (Å²) in [6.45, 7) is 0. The lowest BCUT2D eigenvalue weighted by Crippen LogP contribution is -2.47. The maximum absolute atomic E-state index is 14.1. The Balaban J connectivity index is 1.80. The van der Waals surface area contributed by atoms with Crippen molar-refractivity contribution in [1.29, 1.82) is 0 Å². The zero-order chi connectivity index (χ0) is 14.3. The van der Waals surface area contributed by atoms with Crippen molar-refractivity contribution >= 4 is 15.9 Å². The van der Waals surface area contributed by atoms with Gasteiger partial charge in [-0.05, 0) is 72.0 Å². The third-order valence-corrected chi connectivity index (χ3v) is 5.49. The van der Waals surface area contributed by atoms with Crippen LogP contribution in [-0.2, 0) is 6.42 Å². The van der Waals surface area contributed by atoms with E-state index in [9.17, 15) is 8.78 Å². The summed E-state index contributed by atoms with van der Waals surface area (Å²) in [5.74, 6) is 0.495. The zero-order valence-corrected chi connectivity index (χ0v) is 13.1. The molecule has 3 rings (SSSR count). The van der Waals surface area contributed by atoms with E-state index in [1.54, 1.807) is 0 Å².